The van der Waals surface area contributed by atoms with Gasteiger partial charge in [0.1, 0.15) is 0 Å². The summed E-state index contributed by atoms with van der Waals surface area (Å²) in [5.41, 5.74) is 6.11. The molecule has 1 unspecified atom stereocenters. The molecule has 0 radical (unpaired) electrons. The van der Waals surface area contributed by atoms with Gasteiger partial charge in [-0.1, -0.05) is 48.5 Å². The Labute approximate surface area is 137 Å². The van der Waals surface area contributed by atoms with Crippen molar-refractivity contribution in [3.8, 4) is 0 Å². The summed E-state index contributed by atoms with van der Waals surface area (Å²) < 4.78 is 0. The van der Waals surface area contributed by atoms with E-state index in [0.29, 0.717) is 17.8 Å². The van der Waals surface area contributed by atoms with Crippen LogP contribution in [0.4, 0.5) is 0 Å². The molecule has 3 heteroatoms. The molecule has 3 aliphatic rings. The molecule has 0 heterocycles. The first-order valence-corrected chi connectivity index (χ1v) is 8.39. The highest BCUT2D eigenvalue weighted by Crippen LogP contribution is 2.54. The van der Waals surface area contributed by atoms with Crippen LogP contribution in [0.15, 0.2) is 53.5 Å². The number of hydrogen-bond donors (Lipinski definition) is 2. The van der Waals surface area contributed by atoms with Crippen molar-refractivity contribution >= 4 is 5.96 Å². The Morgan fingerprint density at radius 1 is 1.00 bits per heavy atom. The standard InChI is InChI=1S/C20H23N3/c1-21-20(22-2)23-12-13-11-18-14-7-3-5-9-16(14)19(13)17-10-6-4-8-15(17)18/h3-10,13,18-19H,11-12H2,1-2H3,(H2,21,22,23). The van der Waals surface area contributed by atoms with E-state index in [-0.39, 0.29) is 0 Å². The molecule has 0 amide bonds. The molecular weight excluding hydrogens is 282 g/mol. The van der Waals surface area contributed by atoms with Gasteiger partial charge < -0.3 is 10.6 Å². The van der Waals surface area contributed by atoms with E-state index in [4.69, 9.17) is 0 Å². The maximum absolute atomic E-state index is 4.24. The smallest absolute Gasteiger partial charge is 0.190 e. The summed E-state index contributed by atoms with van der Waals surface area (Å²) >= 11 is 0. The molecule has 23 heavy (non-hydrogen) atoms. The molecule has 2 aromatic carbocycles. The summed E-state index contributed by atoms with van der Waals surface area (Å²) in [5, 5.41) is 6.59. The Hall–Kier alpha value is -2.29. The van der Waals surface area contributed by atoms with E-state index in [1.807, 2.05) is 14.1 Å². The van der Waals surface area contributed by atoms with Crippen LogP contribution in [0.25, 0.3) is 0 Å². The Morgan fingerprint density at radius 2 is 1.57 bits per heavy atom. The lowest BCUT2D eigenvalue weighted by Crippen LogP contribution is -2.42. The first kappa shape index (κ1) is 14.3. The monoisotopic (exact) mass is 305 g/mol. The first-order chi connectivity index (χ1) is 11.3. The van der Waals surface area contributed by atoms with Gasteiger partial charge in [-0.15, -0.1) is 0 Å². The Kier molecular flexibility index (Phi) is 3.56. The van der Waals surface area contributed by atoms with E-state index in [1.54, 1.807) is 0 Å². The fraction of sp³-hybridized carbons (Fsp3) is 0.350. The van der Waals surface area contributed by atoms with Crippen molar-refractivity contribution in [3.05, 3.63) is 70.8 Å². The van der Waals surface area contributed by atoms with Gasteiger partial charge in [0.2, 0.25) is 0 Å². The van der Waals surface area contributed by atoms with Crippen molar-refractivity contribution in [1.82, 2.24) is 10.6 Å². The number of benzene rings is 2. The minimum absolute atomic E-state index is 0.495. The van der Waals surface area contributed by atoms with E-state index in [1.165, 1.54) is 28.7 Å². The fourth-order valence-corrected chi connectivity index (χ4v) is 4.47. The van der Waals surface area contributed by atoms with Crippen LogP contribution in [0, 0.1) is 5.92 Å². The first-order valence-electron chi connectivity index (χ1n) is 8.39. The van der Waals surface area contributed by atoms with Gasteiger partial charge in [0.15, 0.2) is 5.96 Å². The van der Waals surface area contributed by atoms with Gasteiger partial charge in [-0.25, -0.2) is 0 Å². The summed E-state index contributed by atoms with van der Waals surface area (Å²) in [6.07, 6.45) is 1.21. The average Bonchev–Trinajstić information content (AvgIpc) is 2.63. The molecule has 3 aliphatic carbocycles. The number of nitrogens with one attached hydrogen (secondary N) is 2. The van der Waals surface area contributed by atoms with Crippen molar-refractivity contribution in [2.45, 2.75) is 18.3 Å². The maximum atomic E-state index is 4.24. The van der Waals surface area contributed by atoms with Gasteiger partial charge in [0.05, 0.1) is 0 Å². The second-order valence-electron chi connectivity index (χ2n) is 6.49. The maximum Gasteiger partial charge on any atom is 0.190 e. The number of nitrogens with zero attached hydrogens (tertiary/aromatic N) is 1. The van der Waals surface area contributed by atoms with Crippen LogP contribution in [-0.4, -0.2) is 26.6 Å². The molecule has 5 rings (SSSR count). The van der Waals surface area contributed by atoms with Crippen LogP contribution < -0.4 is 10.6 Å². The molecule has 0 spiro atoms. The molecular formula is C20H23N3. The van der Waals surface area contributed by atoms with Crippen molar-refractivity contribution in [1.29, 1.82) is 0 Å². The van der Waals surface area contributed by atoms with Crippen molar-refractivity contribution in [2.24, 2.45) is 10.9 Å². The second-order valence-corrected chi connectivity index (χ2v) is 6.49. The molecule has 3 nitrogen and oxygen atoms in total. The molecule has 1 atom stereocenters. The number of hydrogen-bond acceptors (Lipinski definition) is 1. The van der Waals surface area contributed by atoms with E-state index >= 15 is 0 Å². The van der Waals surface area contributed by atoms with Gasteiger partial charge in [-0.05, 0) is 34.6 Å². The van der Waals surface area contributed by atoms with Crippen LogP contribution in [0.3, 0.4) is 0 Å². The van der Waals surface area contributed by atoms with E-state index in [2.05, 4.69) is 64.2 Å². The SMILES string of the molecule is CN=C(NC)NCC1CC2c3ccccc3C1c1ccccc12. The number of guanidine groups is 1. The predicted octanol–water partition coefficient (Wildman–Crippen LogP) is 3.08. The summed E-state index contributed by atoms with van der Waals surface area (Å²) in [6, 6.07) is 18.0. The Bertz CT molecular complexity index is 703. The third-order valence-corrected chi connectivity index (χ3v) is 5.41. The van der Waals surface area contributed by atoms with Crippen LogP contribution in [0.5, 0.6) is 0 Å². The summed E-state index contributed by atoms with van der Waals surface area (Å²) in [5.74, 6) is 2.51. The van der Waals surface area contributed by atoms with Gasteiger partial charge in [0, 0.05) is 32.5 Å². The minimum atomic E-state index is 0.495. The van der Waals surface area contributed by atoms with Gasteiger partial charge >= 0.3 is 0 Å². The fourth-order valence-electron chi connectivity index (χ4n) is 4.47. The highest BCUT2D eigenvalue weighted by atomic mass is 15.1. The third-order valence-electron chi connectivity index (χ3n) is 5.41. The molecule has 0 saturated heterocycles. The molecule has 2 bridgehead atoms. The zero-order valence-electron chi connectivity index (χ0n) is 13.7. The second kappa shape index (κ2) is 5.73. The highest BCUT2D eigenvalue weighted by molar-refractivity contribution is 5.79. The van der Waals surface area contributed by atoms with Crippen molar-refractivity contribution in [2.75, 3.05) is 20.6 Å². The van der Waals surface area contributed by atoms with Gasteiger partial charge in [-0.3, -0.25) is 4.99 Å². The van der Waals surface area contributed by atoms with Crippen LogP contribution in [0.1, 0.15) is 40.5 Å². The van der Waals surface area contributed by atoms with Crippen molar-refractivity contribution < 1.29 is 0 Å². The summed E-state index contributed by atoms with van der Waals surface area (Å²) in [4.78, 5) is 4.24. The highest BCUT2D eigenvalue weighted by Gasteiger charge is 2.42. The lowest BCUT2D eigenvalue weighted by molar-refractivity contribution is 0.354. The molecule has 0 saturated carbocycles. The van der Waals surface area contributed by atoms with E-state index in [0.717, 1.165) is 12.5 Å². The Balaban J connectivity index is 1.71. The topological polar surface area (TPSA) is 36.4 Å². The van der Waals surface area contributed by atoms with E-state index in [9.17, 15) is 0 Å². The minimum Gasteiger partial charge on any atom is -0.359 e. The molecule has 118 valence electrons. The van der Waals surface area contributed by atoms with Crippen molar-refractivity contribution in [3.63, 3.8) is 0 Å². The molecule has 0 aromatic heterocycles. The van der Waals surface area contributed by atoms with Crippen LogP contribution >= 0.6 is 0 Å². The molecule has 2 N–H and O–H groups in total. The molecule has 0 fully saturated rings. The average molecular weight is 305 g/mol. The summed E-state index contributed by atoms with van der Waals surface area (Å²) in [7, 11) is 3.73. The molecule has 2 aromatic rings. The van der Waals surface area contributed by atoms with E-state index < -0.39 is 0 Å². The number of rotatable bonds is 2. The largest absolute Gasteiger partial charge is 0.359 e. The van der Waals surface area contributed by atoms with Crippen LogP contribution in [0.2, 0.25) is 0 Å². The number of aliphatic imine (C=N–C) groups is 1. The van der Waals surface area contributed by atoms with Gasteiger partial charge in [-0.2, -0.15) is 0 Å². The quantitative estimate of drug-likeness (QED) is 0.661. The zero-order chi connectivity index (χ0) is 15.8. The zero-order valence-corrected chi connectivity index (χ0v) is 13.7. The normalized spacial score (nSPS) is 24.8. The Morgan fingerprint density at radius 3 is 2.09 bits per heavy atom. The van der Waals surface area contributed by atoms with Gasteiger partial charge in [0.25, 0.3) is 0 Å². The lowest BCUT2D eigenvalue weighted by atomic mass is 9.59. The molecule has 0 aliphatic heterocycles. The third kappa shape index (κ3) is 2.23. The summed E-state index contributed by atoms with van der Waals surface area (Å²) in [6.45, 7) is 0.956. The number of fused-ring (bicyclic) bond motifs is 1. The predicted molar refractivity (Wildman–Crippen MR) is 95.1 cm³/mol. The van der Waals surface area contributed by atoms with Crippen LogP contribution in [-0.2, 0) is 0 Å². The lowest BCUT2D eigenvalue weighted by Gasteiger charge is -2.45.